The lowest BCUT2D eigenvalue weighted by Gasteiger charge is -2.37. The molecule has 0 fully saturated rings. The van der Waals surface area contributed by atoms with Crippen LogP contribution in [0.15, 0.2) is 27.6 Å². The molecule has 0 unspecified atom stereocenters. The van der Waals surface area contributed by atoms with Gasteiger partial charge in [0.05, 0.1) is 13.2 Å². The van der Waals surface area contributed by atoms with Crippen LogP contribution in [0, 0.1) is 5.92 Å². The van der Waals surface area contributed by atoms with Crippen LogP contribution in [0.2, 0.25) is 0 Å². The minimum atomic E-state index is -3.85. The Morgan fingerprint density at radius 3 is 2.79 bits per heavy atom. The molecule has 2 rings (SSSR count). The van der Waals surface area contributed by atoms with Crippen molar-refractivity contribution in [3.05, 3.63) is 22.7 Å². The Labute approximate surface area is 174 Å². The van der Waals surface area contributed by atoms with Gasteiger partial charge in [0.25, 0.3) is 0 Å². The van der Waals surface area contributed by atoms with Gasteiger partial charge in [-0.15, -0.1) is 0 Å². The molecule has 8 nitrogen and oxygen atoms in total. The van der Waals surface area contributed by atoms with Crippen LogP contribution in [0.3, 0.4) is 0 Å². The monoisotopic (exact) mass is 478 g/mol. The van der Waals surface area contributed by atoms with E-state index in [1.807, 2.05) is 6.92 Å². The lowest BCUT2D eigenvalue weighted by molar-refractivity contribution is -0.135. The highest BCUT2D eigenvalue weighted by atomic mass is 79.9. The van der Waals surface area contributed by atoms with Gasteiger partial charge in [-0.3, -0.25) is 4.79 Å². The summed E-state index contributed by atoms with van der Waals surface area (Å²) in [4.78, 5) is 13.7. The maximum atomic E-state index is 13.2. The van der Waals surface area contributed by atoms with Gasteiger partial charge in [0.2, 0.25) is 15.9 Å². The van der Waals surface area contributed by atoms with Crippen molar-refractivity contribution in [3.8, 4) is 5.75 Å². The zero-order valence-electron chi connectivity index (χ0n) is 16.5. The summed E-state index contributed by atoms with van der Waals surface area (Å²) < 4.78 is 39.4. The number of hydrogen-bond acceptors (Lipinski definition) is 6. The van der Waals surface area contributed by atoms with E-state index in [2.05, 4.69) is 15.9 Å². The third kappa shape index (κ3) is 5.04. The molecule has 1 aliphatic rings. The molecule has 0 radical (unpaired) electrons. The third-order valence-corrected chi connectivity index (χ3v) is 7.29. The molecule has 0 aliphatic carbocycles. The van der Waals surface area contributed by atoms with Gasteiger partial charge in [-0.1, -0.05) is 22.9 Å². The fraction of sp³-hybridized carbons (Fsp3) is 0.611. The van der Waals surface area contributed by atoms with E-state index < -0.39 is 22.2 Å². The van der Waals surface area contributed by atoms with E-state index >= 15 is 0 Å². The molecular weight excluding hydrogens is 452 g/mol. The van der Waals surface area contributed by atoms with E-state index in [1.54, 1.807) is 26.1 Å². The molecule has 158 valence electrons. The van der Waals surface area contributed by atoms with Crippen LogP contribution < -0.4 is 4.74 Å². The number of carbonyl (C=O) groups is 1. The van der Waals surface area contributed by atoms with Crippen LogP contribution in [-0.4, -0.2) is 81.2 Å². The summed E-state index contributed by atoms with van der Waals surface area (Å²) >= 11 is 3.35. The van der Waals surface area contributed by atoms with Crippen molar-refractivity contribution in [1.29, 1.82) is 0 Å². The maximum Gasteiger partial charge on any atom is 0.248 e. The van der Waals surface area contributed by atoms with E-state index in [1.165, 1.54) is 22.4 Å². The number of amides is 1. The number of likely N-dealkylation sites (N-methyl/N-ethyl adjacent to an activating group) is 1. The normalized spacial score (nSPS) is 23.1. The van der Waals surface area contributed by atoms with Gasteiger partial charge in [0.15, 0.2) is 0 Å². The van der Waals surface area contributed by atoms with Crippen molar-refractivity contribution in [2.75, 3.05) is 40.5 Å². The summed E-state index contributed by atoms with van der Waals surface area (Å²) in [6, 6.07) is 4.14. The van der Waals surface area contributed by atoms with E-state index in [4.69, 9.17) is 9.47 Å². The topological polar surface area (TPSA) is 96.4 Å². The van der Waals surface area contributed by atoms with Crippen LogP contribution in [0.1, 0.15) is 13.8 Å². The zero-order chi connectivity index (χ0) is 21.1. The molecule has 0 aromatic heterocycles. The van der Waals surface area contributed by atoms with Crippen LogP contribution in [0.25, 0.3) is 0 Å². The molecule has 28 heavy (non-hydrogen) atoms. The molecule has 1 N–H and O–H groups in total. The molecule has 3 atom stereocenters. The highest BCUT2D eigenvalue weighted by molar-refractivity contribution is 9.10. The quantitative estimate of drug-likeness (QED) is 0.662. The first-order chi connectivity index (χ1) is 13.1. The minimum absolute atomic E-state index is 0.0399. The molecule has 1 aromatic carbocycles. The number of hydrogen-bond donors (Lipinski definition) is 1. The molecule has 10 heteroatoms. The molecule has 0 bridgehead atoms. The van der Waals surface area contributed by atoms with Crippen molar-refractivity contribution in [2.45, 2.75) is 30.9 Å². The second kappa shape index (κ2) is 9.53. The number of sulfonamides is 1. The minimum Gasteiger partial charge on any atom is -0.487 e. The van der Waals surface area contributed by atoms with Gasteiger partial charge < -0.3 is 19.5 Å². The first-order valence-electron chi connectivity index (χ1n) is 8.93. The van der Waals surface area contributed by atoms with Gasteiger partial charge >= 0.3 is 0 Å². The average Bonchev–Trinajstić information content (AvgIpc) is 2.63. The predicted molar refractivity (Wildman–Crippen MR) is 108 cm³/mol. The van der Waals surface area contributed by atoms with Crippen molar-refractivity contribution < 1.29 is 27.8 Å². The molecular formula is C18H27BrN2O6S. The predicted octanol–water partition coefficient (Wildman–Crippen LogP) is 1.32. The van der Waals surface area contributed by atoms with Crippen LogP contribution in [0.5, 0.6) is 5.75 Å². The molecule has 1 aliphatic heterocycles. The molecule has 0 spiro atoms. The van der Waals surface area contributed by atoms with Crippen LogP contribution >= 0.6 is 15.9 Å². The number of carbonyl (C=O) groups excluding carboxylic acids is 1. The van der Waals surface area contributed by atoms with Gasteiger partial charge in [-0.05, 0) is 25.1 Å². The summed E-state index contributed by atoms with van der Waals surface area (Å²) in [5.74, 6) is -0.203. The summed E-state index contributed by atoms with van der Waals surface area (Å²) in [7, 11) is -0.746. The van der Waals surface area contributed by atoms with Gasteiger partial charge in [-0.2, -0.15) is 4.31 Å². The van der Waals surface area contributed by atoms with Crippen LogP contribution in [-0.2, 0) is 19.6 Å². The Morgan fingerprint density at radius 1 is 1.50 bits per heavy atom. The second-order valence-electron chi connectivity index (χ2n) is 7.04. The van der Waals surface area contributed by atoms with Gasteiger partial charge in [-0.25, -0.2) is 8.42 Å². The summed E-state index contributed by atoms with van der Waals surface area (Å²) in [5.41, 5.74) is 0. The number of benzene rings is 1. The number of fused-ring (bicyclic) bond motifs is 1. The van der Waals surface area contributed by atoms with Crippen molar-refractivity contribution in [1.82, 2.24) is 9.21 Å². The Bertz CT molecular complexity index is 803. The fourth-order valence-electron chi connectivity index (χ4n) is 3.02. The smallest absolute Gasteiger partial charge is 0.248 e. The van der Waals surface area contributed by atoms with Crippen molar-refractivity contribution in [3.63, 3.8) is 0 Å². The number of nitrogens with zero attached hydrogens (tertiary/aromatic N) is 2. The van der Waals surface area contributed by atoms with E-state index in [0.29, 0.717) is 4.47 Å². The Balaban J connectivity index is 2.46. The number of methoxy groups -OCH3 is 1. The van der Waals surface area contributed by atoms with Crippen LogP contribution in [0.4, 0.5) is 0 Å². The first kappa shape index (κ1) is 23.1. The van der Waals surface area contributed by atoms with E-state index in [-0.39, 0.29) is 48.8 Å². The van der Waals surface area contributed by atoms with Gasteiger partial charge in [0.1, 0.15) is 23.4 Å². The molecule has 1 amide bonds. The maximum absolute atomic E-state index is 13.2. The number of halogens is 1. The molecule has 1 heterocycles. The average molecular weight is 479 g/mol. The highest BCUT2D eigenvalue weighted by Crippen LogP contribution is 2.35. The highest BCUT2D eigenvalue weighted by Gasteiger charge is 2.38. The lowest BCUT2D eigenvalue weighted by Crippen LogP contribution is -2.50. The zero-order valence-corrected chi connectivity index (χ0v) is 18.9. The largest absolute Gasteiger partial charge is 0.487 e. The number of aliphatic hydroxyl groups excluding tert-OH is 1. The summed E-state index contributed by atoms with van der Waals surface area (Å²) in [5, 5.41) is 9.59. The van der Waals surface area contributed by atoms with E-state index in [9.17, 15) is 18.3 Å². The van der Waals surface area contributed by atoms with Crippen molar-refractivity contribution in [2.24, 2.45) is 5.92 Å². The van der Waals surface area contributed by atoms with Crippen molar-refractivity contribution >= 4 is 31.9 Å². The SMILES string of the molecule is COCC(=O)N(C)C[C@@H]1Oc2cc(Br)ccc2S(=O)(=O)N([C@@H](C)CO)C[C@H]1C. The standard InChI is InChI=1S/C18H27BrN2O6S/c1-12-8-21(13(2)10-22)28(24,25)17-6-5-14(19)7-15(17)27-16(12)9-20(3)18(23)11-26-4/h5-7,12-13,16,22H,8-11H2,1-4H3/t12-,13+,16+/m1/s1. The summed E-state index contributed by atoms with van der Waals surface area (Å²) in [6.07, 6.45) is -0.442. The fourth-order valence-corrected chi connectivity index (χ4v) is 5.19. The second-order valence-corrected chi connectivity index (χ2v) is 9.81. The Kier molecular flexibility index (Phi) is 7.86. The van der Waals surface area contributed by atoms with E-state index in [0.717, 1.165) is 0 Å². The lowest BCUT2D eigenvalue weighted by atomic mass is 10.0. The first-order valence-corrected chi connectivity index (χ1v) is 11.2. The number of ether oxygens (including phenoxy) is 2. The third-order valence-electron chi connectivity index (χ3n) is 4.78. The summed E-state index contributed by atoms with van der Waals surface area (Å²) in [6.45, 7) is 3.63. The Hall–Kier alpha value is -1.20. The molecule has 0 saturated heterocycles. The number of rotatable bonds is 6. The number of aliphatic hydroxyl groups is 1. The molecule has 0 saturated carbocycles. The Morgan fingerprint density at radius 2 is 2.18 bits per heavy atom. The van der Waals surface area contributed by atoms with Gasteiger partial charge in [0, 0.05) is 37.1 Å². The molecule has 1 aromatic rings.